The predicted molar refractivity (Wildman–Crippen MR) is 154 cm³/mol. The molecule has 1 aromatic carbocycles. The van der Waals surface area contributed by atoms with Gasteiger partial charge < -0.3 is 29.6 Å². The number of hydrogen-bond donors (Lipinski definition) is 4. The Labute approximate surface area is 241 Å². The molecule has 42 heavy (non-hydrogen) atoms. The van der Waals surface area contributed by atoms with Gasteiger partial charge in [-0.2, -0.15) is 10.1 Å². The van der Waals surface area contributed by atoms with Gasteiger partial charge in [0.05, 0.1) is 12.1 Å². The number of aromatic nitrogens is 4. The maximum absolute atomic E-state index is 12.7. The predicted octanol–water partition coefficient (Wildman–Crippen LogP) is 3.05. The van der Waals surface area contributed by atoms with E-state index < -0.39 is 20.6 Å². The molecule has 2 aliphatic heterocycles. The van der Waals surface area contributed by atoms with Gasteiger partial charge in [-0.05, 0) is 61.8 Å². The second kappa shape index (κ2) is 11.6. The van der Waals surface area contributed by atoms with E-state index >= 15 is 0 Å². The molecule has 6 rings (SSSR count). The van der Waals surface area contributed by atoms with Gasteiger partial charge in [0.1, 0.15) is 16.7 Å². The molecule has 2 aromatic heterocycles. The molecule has 1 spiro atoms. The number of aromatic amines is 1. The number of fused-ring (bicyclic) bond motifs is 1. The van der Waals surface area contributed by atoms with Crippen LogP contribution in [0.5, 0.6) is 0 Å². The minimum atomic E-state index is -4.68. The fraction of sp³-hybridized carbons (Fsp3) is 0.519. The Balaban J connectivity index is 1.10. The lowest BCUT2D eigenvalue weighted by molar-refractivity contribution is -0.153. The minimum absolute atomic E-state index is 0.127. The average Bonchev–Trinajstić information content (AvgIpc) is 3.73. The van der Waals surface area contributed by atoms with Crippen molar-refractivity contribution in [3.05, 3.63) is 40.8 Å². The Bertz CT molecular complexity index is 1540. The van der Waals surface area contributed by atoms with E-state index in [2.05, 4.69) is 34.8 Å². The summed E-state index contributed by atoms with van der Waals surface area (Å²) in [5.74, 6) is 0.285. The van der Waals surface area contributed by atoms with E-state index in [1.54, 1.807) is 6.20 Å². The Morgan fingerprint density at radius 2 is 1.76 bits per heavy atom. The molecular formula is C27H34N7O7P. The first kappa shape index (κ1) is 28.5. The molecule has 1 unspecified atom stereocenters. The van der Waals surface area contributed by atoms with Crippen LogP contribution in [-0.4, -0.2) is 68.9 Å². The maximum atomic E-state index is 12.7. The number of phosphoric ester groups is 1. The van der Waals surface area contributed by atoms with Gasteiger partial charge >= 0.3 is 13.8 Å². The van der Waals surface area contributed by atoms with Gasteiger partial charge in [-0.25, -0.2) is 19.2 Å². The fourth-order valence-corrected chi connectivity index (χ4v) is 6.27. The molecule has 0 bridgehead atoms. The molecule has 3 aromatic rings. The molecule has 14 nitrogen and oxygen atoms in total. The number of carbonyl (C=O) groups is 1. The number of esters is 1. The van der Waals surface area contributed by atoms with Crippen molar-refractivity contribution in [2.75, 3.05) is 48.1 Å². The SMILES string of the molecule is O=C(OCOP(=O)(O)O)C1CC12CCN(c1ccc(Nc3nc(N4CCCCCC4)nc4cn[nH]c(=O)c34)cc1)CC2. The number of piperidine rings is 1. The van der Waals surface area contributed by atoms with Crippen LogP contribution >= 0.6 is 7.82 Å². The summed E-state index contributed by atoms with van der Waals surface area (Å²) in [7, 11) is -4.68. The summed E-state index contributed by atoms with van der Waals surface area (Å²) >= 11 is 0. The molecule has 1 atom stereocenters. The largest absolute Gasteiger partial charge is 0.472 e. The number of nitrogens with one attached hydrogen (secondary N) is 2. The summed E-state index contributed by atoms with van der Waals surface area (Å²) in [6, 6.07) is 7.94. The van der Waals surface area contributed by atoms with Crippen LogP contribution in [0.3, 0.4) is 0 Å². The van der Waals surface area contributed by atoms with Crippen LogP contribution in [0.1, 0.15) is 44.9 Å². The maximum Gasteiger partial charge on any atom is 0.472 e. The van der Waals surface area contributed by atoms with Crippen molar-refractivity contribution in [1.29, 1.82) is 0 Å². The Morgan fingerprint density at radius 3 is 2.45 bits per heavy atom. The zero-order valence-corrected chi connectivity index (χ0v) is 24.0. The highest BCUT2D eigenvalue weighted by Crippen LogP contribution is 2.60. The molecule has 2 saturated heterocycles. The molecule has 4 heterocycles. The van der Waals surface area contributed by atoms with Crippen LogP contribution < -0.4 is 20.7 Å². The fourth-order valence-electron chi connectivity index (χ4n) is 6.08. The molecule has 0 radical (unpaired) electrons. The molecule has 224 valence electrons. The average molecular weight is 600 g/mol. The van der Waals surface area contributed by atoms with E-state index in [-0.39, 0.29) is 16.9 Å². The van der Waals surface area contributed by atoms with Crippen LogP contribution in [0.4, 0.5) is 23.1 Å². The summed E-state index contributed by atoms with van der Waals surface area (Å²) in [6.07, 6.45) is 8.42. The number of rotatable bonds is 8. The normalized spacial score (nSPS) is 20.4. The highest BCUT2D eigenvalue weighted by Gasteiger charge is 2.59. The second-order valence-corrected chi connectivity index (χ2v) is 12.5. The van der Waals surface area contributed by atoms with Gasteiger partial charge in [0.2, 0.25) is 12.7 Å². The number of carbonyl (C=O) groups excluding carboxylic acids is 1. The second-order valence-electron chi connectivity index (χ2n) is 11.2. The van der Waals surface area contributed by atoms with Crippen LogP contribution in [0.15, 0.2) is 35.3 Å². The first-order valence-electron chi connectivity index (χ1n) is 14.2. The van der Waals surface area contributed by atoms with Crippen molar-refractivity contribution in [1.82, 2.24) is 20.2 Å². The molecule has 0 amide bonds. The number of phosphoric acid groups is 1. The van der Waals surface area contributed by atoms with Crippen LogP contribution in [0, 0.1) is 11.3 Å². The summed E-state index contributed by atoms with van der Waals surface area (Å²) in [5.41, 5.74) is 1.84. The number of hydrogen-bond acceptors (Lipinski definition) is 11. The van der Waals surface area contributed by atoms with Gasteiger partial charge in [-0.3, -0.25) is 9.59 Å². The molecule has 4 N–H and O–H groups in total. The van der Waals surface area contributed by atoms with Gasteiger partial charge in [-0.15, -0.1) is 0 Å². The van der Waals surface area contributed by atoms with Gasteiger partial charge in [-0.1, -0.05) is 12.8 Å². The molecule has 3 fully saturated rings. The lowest BCUT2D eigenvalue weighted by Gasteiger charge is -2.34. The number of benzene rings is 1. The molecular weight excluding hydrogens is 565 g/mol. The quantitative estimate of drug-likeness (QED) is 0.168. The van der Waals surface area contributed by atoms with E-state index in [1.165, 1.54) is 12.8 Å². The first-order chi connectivity index (χ1) is 20.2. The van der Waals surface area contributed by atoms with Gasteiger partial charge in [0, 0.05) is 37.6 Å². The highest BCUT2D eigenvalue weighted by atomic mass is 31.2. The lowest BCUT2D eigenvalue weighted by atomic mass is 9.90. The van der Waals surface area contributed by atoms with E-state index in [1.807, 2.05) is 24.3 Å². The Kier molecular flexibility index (Phi) is 7.88. The van der Waals surface area contributed by atoms with Crippen molar-refractivity contribution in [2.24, 2.45) is 11.3 Å². The van der Waals surface area contributed by atoms with Crippen molar-refractivity contribution >= 4 is 47.8 Å². The third kappa shape index (κ3) is 6.26. The van der Waals surface area contributed by atoms with Gasteiger partial charge in [0.25, 0.3) is 5.56 Å². The number of anilines is 4. The smallest absolute Gasteiger partial charge is 0.438 e. The van der Waals surface area contributed by atoms with Crippen LogP contribution in [0.25, 0.3) is 10.9 Å². The van der Waals surface area contributed by atoms with Crippen molar-refractivity contribution in [2.45, 2.75) is 44.9 Å². The topological polar surface area (TPSA) is 183 Å². The van der Waals surface area contributed by atoms with Crippen molar-refractivity contribution in [3.63, 3.8) is 0 Å². The molecule has 1 aliphatic carbocycles. The third-order valence-electron chi connectivity index (χ3n) is 8.54. The molecule has 1 saturated carbocycles. The van der Waals surface area contributed by atoms with Crippen LogP contribution in [-0.2, 0) is 18.6 Å². The van der Waals surface area contributed by atoms with Gasteiger partial charge in [0.15, 0.2) is 0 Å². The number of ether oxygens (including phenoxy) is 1. The van der Waals surface area contributed by atoms with E-state index in [0.29, 0.717) is 29.1 Å². The van der Waals surface area contributed by atoms with Crippen molar-refractivity contribution in [3.8, 4) is 0 Å². The van der Waals surface area contributed by atoms with Crippen molar-refractivity contribution < 1.29 is 28.4 Å². The highest BCUT2D eigenvalue weighted by molar-refractivity contribution is 7.46. The first-order valence-corrected chi connectivity index (χ1v) is 15.7. The Morgan fingerprint density at radius 1 is 1.05 bits per heavy atom. The summed E-state index contributed by atoms with van der Waals surface area (Å²) in [5, 5.41) is 10.1. The molecule has 3 aliphatic rings. The zero-order chi connectivity index (χ0) is 29.3. The number of nitrogens with zero attached hydrogens (tertiary/aromatic N) is 5. The minimum Gasteiger partial charge on any atom is -0.438 e. The van der Waals surface area contributed by atoms with E-state index in [0.717, 1.165) is 63.2 Å². The summed E-state index contributed by atoms with van der Waals surface area (Å²) in [4.78, 5) is 56.3. The Hall–Kier alpha value is -3.58. The van der Waals surface area contributed by atoms with Crippen LogP contribution in [0.2, 0.25) is 0 Å². The molecule has 15 heteroatoms. The monoisotopic (exact) mass is 599 g/mol. The van der Waals surface area contributed by atoms with E-state index in [9.17, 15) is 14.2 Å². The zero-order valence-electron chi connectivity index (χ0n) is 23.1. The standard InChI is InChI=1S/C27H34N7O7P/c35-24-22-21(16-28-32-24)30-26(34-11-3-1-2-4-12-34)31-23(22)29-18-5-7-19(8-6-18)33-13-9-27(10-14-33)15-20(27)25(36)40-17-41-42(37,38)39/h5-8,16,20H,1-4,9-15,17H2,(H,32,35)(H,29,30,31)(H2,37,38,39). The van der Waals surface area contributed by atoms with E-state index in [4.69, 9.17) is 19.5 Å². The summed E-state index contributed by atoms with van der Waals surface area (Å²) < 4.78 is 19.9. The lowest BCUT2D eigenvalue weighted by Crippen LogP contribution is -2.35. The third-order valence-corrected chi connectivity index (χ3v) is 8.99. The summed E-state index contributed by atoms with van der Waals surface area (Å²) in [6.45, 7) is 2.54. The number of H-pyrrole nitrogens is 1.